The molecule has 2 fully saturated rings. The number of carbonyl (C=O) groups is 1. The fraction of sp³-hybridized carbons (Fsp3) is 0.700. The van der Waals surface area contributed by atoms with E-state index >= 15 is 0 Å². The summed E-state index contributed by atoms with van der Waals surface area (Å²) in [4.78, 5) is 19.1. The molecule has 1 amide bonds. The number of nitrogens with two attached hydrogens (primary N) is 1. The average molecular weight is 489 g/mol. The Bertz CT molecular complexity index is 913. The Labute approximate surface area is 195 Å². The highest BCUT2D eigenvalue weighted by molar-refractivity contribution is 7.86. The number of aromatic nitrogens is 1. The number of nitrogens with zero attached hydrogens (tertiary/aromatic N) is 4. The van der Waals surface area contributed by atoms with Gasteiger partial charge in [-0.2, -0.15) is 22.0 Å². The van der Waals surface area contributed by atoms with Crippen molar-refractivity contribution in [2.24, 2.45) is 5.92 Å². The van der Waals surface area contributed by atoms with Crippen LogP contribution < -0.4 is 15.8 Å². The van der Waals surface area contributed by atoms with Crippen molar-refractivity contribution in [3.8, 4) is 5.88 Å². The number of nitrogens with one attached hydrogen (secondary N) is 1. The number of pyridine rings is 1. The van der Waals surface area contributed by atoms with Gasteiger partial charge >= 0.3 is 0 Å². The largest absolute Gasteiger partial charge is 0.480 e. The Morgan fingerprint density at radius 2 is 1.88 bits per heavy atom. The SMILES string of the molecule is COc1nc(N)c(Cl)cc1C(=O)NC1CCN(CC2CCN(S(=O)(=O)N(C)C)CC2)CC1. The zero-order chi connectivity index (χ0) is 23.5. The fourth-order valence-corrected chi connectivity index (χ4v) is 5.53. The predicted molar refractivity (Wildman–Crippen MR) is 124 cm³/mol. The molecule has 0 aromatic carbocycles. The van der Waals surface area contributed by atoms with Crippen LogP contribution in [-0.2, 0) is 10.2 Å². The van der Waals surface area contributed by atoms with E-state index in [0.29, 0.717) is 19.0 Å². The van der Waals surface area contributed by atoms with E-state index in [-0.39, 0.29) is 34.2 Å². The number of rotatable bonds is 7. The second-order valence-electron chi connectivity index (χ2n) is 8.59. The predicted octanol–water partition coefficient (Wildman–Crippen LogP) is 1.04. The van der Waals surface area contributed by atoms with Crippen LogP contribution in [0.2, 0.25) is 5.02 Å². The van der Waals surface area contributed by atoms with Crippen molar-refractivity contribution >= 4 is 33.5 Å². The van der Waals surface area contributed by atoms with Crippen molar-refractivity contribution in [3.05, 3.63) is 16.7 Å². The first-order chi connectivity index (χ1) is 15.1. The third-order valence-corrected chi connectivity index (χ3v) is 8.45. The first-order valence-corrected chi connectivity index (χ1v) is 12.6. The second kappa shape index (κ2) is 10.5. The number of halogens is 1. The van der Waals surface area contributed by atoms with Gasteiger partial charge in [-0.3, -0.25) is 4.79 Å². The van der Waals surface area contributed by atoms with Crippen LogP contribution in [0.5, 0.6) is 5.88 Å². The van der Waals surface area contributed by atoms with E-state index in [4.69, 9.17) is 22.1 Å². The zero-order valence-electron chi connectivity index (χ0n) is 18.9. The molecule has 2 aliphatic heterocycles. The molecule has 0 aliphatic carbocycles. The third-order valence-electron chi connectivity index (χ3n) is 6.21. The van der Waals surface area contributed by atoms with Crippen LogP contribution in [0, 0.1) is 5.92 Å². The number of hydrogen-bond acceptors (Lipinski definition) is 7. The maximum atomic E-state index is 12.7. The van der Waals surface area contributed by atoms with E-state index in [1.54, 1.807) is 18.4 Å². The number of hydrogen-bond donors (Lipinski definition) is 2. The second-order valence-corrected chi connectivity index (χ2v) is 11.1. The van der Waals surface area contributed by atoms with Gasteiger partial charge in [0.15, 0.2) is 0 Å². The molecule has 12 heteroatoms. The van der Waals surface area contributed by atoms with Crippen molar-refractivity contribution < 1.29 is 17.9 Å². The molecule has 180 valence electrons. The van der Waals surface area contributed by atoms with Gasteiger partial charge in [-0.05, 0) is 37.7 Å². The van der Waals surface area contributed by atoms with Gasteiger partial charge in [0.05, 0.1) is 12.1 Å². The monoisotopic (exact) mass is 488 g/mol. The standard InChI is InChI=1S/C20H33ClN6O4S/c1-25(2)32(29,30)27-10-4-14(5-11-27)13-26-8-6-15(7-9-26)23-19(28)16-12-17(21)18(22)24-20(16)31-3/h12,14-15H,4-11,13H2,1-3H3,(H2,22,24)(H,23,28). The minimum atomic E-state index is -3.32. The van der Waals surface area contributed by atoms with Crippen LogP contribution >= 0.6 is 11.6 Å². The quantitative estimate of drug-likeness (QED) is 0.588. The molecule has 0 atom stereocenters. The van der Waals surface area contributed by atoms with Crippen molar-refractivity contribution in [2.75, 3.05) is 59.7 Å². The molecule has 10 nitrogen and oxygen atoms in total. The van der Waals surface area contributed by atoms with E-state index in [9.17, 15) is 13.2 Å². The highest BCUT2D eigenvalue weighted by Gasteiger charge is 2.31. The molecule has 3 heterocycles. The maximum absolute atomic E-state index is 12.7. The fourth-order valence-electron chi connectivity index (χ4n) is 4.25. The Kier molecular flexibility index (Phi) is 8.21. The number of anilines is 1. The number of likely N-dealkylation sites (tertiary alicyclic amines) is 1. The molecule has 0 spiro atoms. The van der Waals surface area contributed by atoms with Crippen molar-refractivity contribution in [1.82, 2.24) is 23.8 Å². The van der Waals surface area contributed by atoms with Gasteiger partial charge in [-0.1, -0.05) is 11.6 Å². The molecule has 0 radical (unpaired) electrons. The molecular weight excluding hydrogens is 456 g/mol. The molecule has 1 aromatic rings. The number of piperidine rings is 2. The van der Waals surface area contributed by atoms with Crippen LogP contribution in [-0.4, -0.2) is 92.8 Å². The molecular formula is C20H33ClN6O4S. The van der Waals surface area contributed by atoms with Crippen molar-refractivity contribution in [2.45, 2.75) is 31.7 Å². The van der Waals surface area contributed by atoms with Crippen LogP contribution in [0.1, 0.15) is 36.0 Å². The van der Waals surface area contributed by atoms with Crippen LogP contribution in [0.4, 0.5) is 5.82 Å². The Balaban J connectivity index is 1.45. The van der Waals surface area contributed by atoms with E-state index in [0.717, 1.165) is 45.3 Å². The zero-order valence-corrected chi connectivity index (χ0v) is 20.5. The van der Waals surface area contributed by atoms with Gasteiger partial charge in [0.1, 0.15) is 11.4 Å². The average Bonchev–Trinajstić information content (AvgIpc) is 2.76. The number of carbonyl (C=O) groups excluding carboxylic acids is 1. The van der Waals surface area contributed by atoms with Gasteiger partial charge in [0.25, 0.3) is 16.1 Å². The van der Waals surface area contributed by atoms with Gasteiger partial charge < -0.3 is 20.7 Å². The minimum absolute atomic E-state index is 0.0619. The van der Waals surface area contributed by atoms with Crippen LogP contribution in [0.15, 0.2) is 6.07 Å². The molecule has 3 rings (SSSR count). The summed E-state index contributed by atoms with van der Waals surface area (Å²) in [5, 5.41) is 3.27. The number of nitrogen functional groups attached to an aromatic ring is 1. The molecule has 2 aliphatic rings. The van der Waals surface area contributed by atoms with Crippen molar-refractivity contribution in [1.29, 1.82) is 0 Å². The van der Waals surface area contributed by atoms with Gasteiger partial charge in [0.2, 0.25) is 5.88 Å². The number of amides is 1. The summed E-state index contributed by atoms with van der Waals surface area (Å²) < 4.78 is 32.5. The maximum Gasteiger partial charge on any atom is 0.281 e. The first kappa shape index (κ1) is 25.0. The molecule has 1 aromatic heterocycles. The summed E-state index contributed by atoms with van der Waals surface area (Å²) in [6.45, 7) is 3.87. The van der Waals surface area contributed by atoms with E-state index in [2.05, 4.69) is 15.2 Å². The molecule has 2 saturated heterocycles. The lowest BCUT2D eigenvalue weighted by molar-refractivity contribution is 0.0895. The highest BCUT2D eigenvalue weighted by atomic mass is 35.5. The topological polar surface area (TPSA) is 121 Å². The van der Waals surface area contributed by atoms with Crippen LogP contribution in [0.3, 0.4) is 0 Å². The van der Waals surface area contributed by atoms with Gasteiger partial charge in [0, 0.05) is 52.9 Å². The Morgan fingerprint density at radius 3 is 2.44 bits per heavy atom. The smallest absolute Gasteiger partial charge is 0.281 e. The molecule has 0 bridgehead atoms. The summed E-state index contributed by atoms with van der Waals surface area (Å²) in [5.74, 6) is 0.495. The summed E-state index contributed by atoms with van der Waals surface area (Å²) in [5.41, 5.74) is 5.96. The van der Waals surface area contributed by atoms with E-state index in [1.807, 2.05) is 0 Å². The molecule has 32 heavy (non-hydrogen) atoms. The lowest BCUT2D eigenvalue weighted by Crippen LogP contribution is -2.48. The summed E-state index contributed by atoms with van der Waals surface area (Å²) in [6, 6.07) is 1.54. The number of ether oxygens (including phenoxy) is 1. The summed E-state index contributed by atoms with van der Waals surface area (Å²) in [6.07, 6.45) is 3.43. The Hall–Kier alpha value is -1.66. The van der Waals surface area contributed by atoms with Gasteiger partial charge in [-0.15, -0.1) is 0 Å². The van der Waals surface area contributed by atoms with Gasteiger partial charge in [-0.25, -0.2) is 0 Å². The Morgan fingerprint density at radius 1 is 1.25 bits per heavy atom. The summed E-state index contributed by atoms with van der Waals surface area (Å²) in [7, 11) is 1.25. The molecule has 0 saturated carbocycles. The van der Waals surface area contributed by atoms with Crippen molar-refractivity contribution in [3.63, 3.8) is 0 Å². The third kappa shape index (κ3) is 5.82. The first-order valence-electron chi connectivity index (χ1n) is 10.8. The minimum Gasteiger partial charge on any atom is -0.480 e. The van der Waals surface area contributed by atoms with E-state index in [1.165, 1.54) is 17.5 Å². The van der Waals surface area contributed by atoms with E-state index < -0.39 is 10.2 Å². The lowest BCUT2D eigenvalue weighted by atomic mass is 9.95. The molecule has 0 unspecified atom stereocenters. The summed E-state index contributed by atoms with van der Waals surface area (Å²) >= 11 is 6.02. The van der Waals surface area contributed by atoms with Crippen LogP contribution in [0.25, 0.3) is 0 Å². The normalized spacial score (nSPS) is 19.9. The highest BCUT2D eigenvalue weighted by Crippen LogP contribution is 2.26. The number of methoxy groups -OCH3 is 1. The lowest BCUT2D eigenvalue weighted by Gasteiger charge is -2.38. The molecule has 3 N–H and O–H groups in total.